The first-order chi connectivity index (χ1) is 13.0. The molecular weight excluding hydrogens is 370 g/mol. The molecule has 1 aliphatic rings. The van der Waals surface area contributed by atoms with Crippen molar-refractivity contribution in [2.24, 2.45) is 0 Å². The number of nitrogens with one attached hydrogen (secondary N) is 1. The minimum absolute atomic E-state index is 0. The molecule has 0 bridgehead atoms. The fourth-order valence-electron chi connectivity index (χ4n) is 3.84. The Morgan fingerprint density at radius 1 is 1.11 bits per heavy atom. The number of aliphatic hydroxyl groups excluding tert-OH is 1. The lowest BCUT2D eigenvalue weighted by molar-refractivity contribution is 0.0547. The van der Waals surface area contributed by atoms with Gasteiger partial charge in [0.05, 0.1) is 16.3 Å². The summed E-state index contributed by atoms with van der Waals surface area (Å²) in [5.41, 5.74) is 4.25. The van der Waals surface area contributed by atoms with Crippen molar-refractivity contribution < 1.29 is 5.11 Å². The molecule has 28 heavy (non-hydrogen) atoms. The zero-order valence-corrected chi connectivity index (χ0v) is 16.5. The molecule has 1 fully saturated rings. The lowest BCUT2D eigenvalue weighted by Gasteiger charge is -2.40. The molecule has 2 N–H and O–H groups in total. The zero-order chi connectivity index (χ0) is 19.0. The number of anilines is 1. The van der Waals surface area contributed by atoms with Crippen LogP contribution in [-0.2, 0) is 0 Å². The van der Waals surface area contributed by atoms with Crippen LogP contribution in [-0.4, -0.2) is 47.2 Å². The minimum Gasteiger partial charge on any atom is -0.387 e. The van der Waals surface area contributed by atoms with Crippen LogP contribution in [0.4, 0.5) is 5.69 Å². The molecule has 3 aromatic rings. The molecule has 1 aliphatic heterocycles. The van der Waals surface area contributed by atoms with Crippen LogP contribution in [0, 0.1) is 6.92 Å². The van der Waals surface area contributed by atoms with Crippen LogP contribution in [0.15, 0.2) is 47.3 Å². The largest absolute Gasteiger partial charge is 0.387 e. The van der Waals surface area contributed by atoms with Gasteiger partial charge in [-0.3, -0.25) is 9.69 Å². The van der Waals surface area contributed by atoms with Crippen molar-refractivity contribution in [1.29, 1.82) is 0 Å². The third-order valence-corrected chi connectivity index (χ3v) is 6.35. The SMILES string of the molecule is C.Cc1cccc(N2CCN(C(C)C(O)c3ccc4[nH]c(=O)sc4c3)CC2)c1. The Balaban J connectivity index is 0.00000225. The number of rotatable bonds is 4. The van der Waals surface area contributed by atoms with E-state index in [-0.39, 0.29) is 18.3 Å². The Hall–Kier alpha value is -2.15. The average molecular weight is 400 g/mol. The van der Waals surface area contributed by atoms with E-state index in [0.29, 0.717) is 0 Å². The summed E-state index contributed by atoms with van der Waals surface area (Å²) in [6.45, 7) is 7.96. The molecule has 2 heterocycles. The molecule has 1 saturated heterocycles. The van der Waals surface area contributed by atoms with Crippen LogP contribution in [0.1, 0.15) is 31.6 Å². The fraction of sp³-hybridized carbons (Fsp3) is 0.409. The predicted molar refractivity (Wildman–Crippen MR) is 119 cm³/mol. The summed E-state index contributed by atoms with van der Waals surface area (Å²) in [6, 6.07) is 14.4. The Morgan fingerprint density at radius 3 is 2.57 bits per heavy atom. The summed E-state index contributed by atoms with van der Waals surface area (Å²) in [5.74, 6) is 0. The molecular formula is C22H29N3O2S. The van der Waals surface area contributed by atoms with Crippen LogP contribution in [0.3, 0.4) is 0 Å². The minimum atomic E-state index is -0.572. The van der Waals surface area contributed by atoms with E-state index in [1.807, 2.05) is 18.2 Å². The molecule has 2 atom stereocenters. The number of hydrogen-bond donors (Lipinski definition) is 2. The number of hydrogen-bond acceptors (Lipinski definition) is 5. The van der Waals surface area contributed by atoms with Gasteiger partial charge >= 0.3 is 4.87 Å². The van der Waals surface area contributed by atoms with Gasteiger partial charge in [-0.25, -0.2) is 0 Å². The molecule has 6 heteroatoms. The van der Waals surface area contributed by atoms with Crippen LogP contribution in [0.5, 0.6) is 0 Å². The van der Waals surface area contributed by atoms with E-state index in [1.165, 1.54) is 22.6 Å². The first-order valence-electron chi connectivity index (χ1n) is 9.38. The number of aryl methyl sites for hydroxylation is 1. The Bertz CT molecular complexity index is 989. The maximum absolute atomic E-state index is 11.5. The van der Waals surface area contributed by atoms with Gasteiger partial charge in [0.2, 0.25) is 0 Å². The number of aliphatic hydroxyl groups is 1. The highest BCUT2D eigenvalue weighted by Gasteiger charge is 2.27. The summed E-state index contributed by atoms with van der Waals surface area (Å²) < 4.78 is 0.896. The van der Waals surface area contributed by atoms with Gasteiger partial charge in [0.1, 0.15) is 0 Å². The highest BCUT2D eigenvalue weighted by molar-refractivity contribution is 7.16. The van der Waals surface area contributed by atoms with Gasteiger partial charge in [-0.1, -0.05) is 37.0 Å². The number of benzene rings is 2. The van der Waals surface area contributed by atoms with Gasteiger partial charge < -0.3 is 15.0 Å². The smallest absolute Gasteiger partial charge is 0.305 e. The van der Waals surface area contributed by atoms with Crippen molar-refractivity contribution >= 4 is 27.2 Å². The van der Waals surface area contributed by atoms with Gasteiger partial charge in [-0.2, -0.15) is 0 Å². The maximum Gasteiger partial charge on any atom is 0.305 e. The van der Waals surface area contributed by atoms with Gasteiger partial charge in [0.15, 0.2) is 0 Å². The lowest BCUT2D eigenvalue weighted by Crippen LogP contribution is -2.51. The highest BCUT2D eigenvalue weighted by atomic mass is 32.1. The Morgan fingerprint density at radius 2 is 1.86 bits per heavy atom. The highest BCUT2D eigenvalue weighted by Crippen LogP contribution is 2.26. The fourth-order valence-corrected chi connectivity index (χ4v) is 4.62. The van der Waals surface area contributed by atoms with Crippen molar-refractivity contribution in [3.8, 4) is 0 Å². The van der Waals surface area contributed by atoms with Gasteiger partial charge in [-0.15, -0.1) is 0 Å². The molecule has 2 unspecified atom stereocenters. The summed E-state index contributed by atoms with van der Waals surface area (Å²) >= 11 is 1.19. The van der Waals surface area contributed by atoms with Crippen molar-refractivity contribution in [3.63, 3.8) is 0 Å². The van der Waals surface area contributed by atoms with E-state index >= 15 is 0 Å². The van der Waals surface area contributed by atoms with Gasteiger partial charge in [0.25, 0.3) is 0 Å². The van der Waals surface area contributed by atoms with E-state index in [0.717, 1.165) is 42.0 Å². The maximum atomic E-state index is 11.5. The van der Waals surface area contributed by atoms with E-state index in [1.54, 1.807) is 0 Å². The van der Waals surface area contributed by atoms with E-state index in [9.17, 15) is 9.90 Å². The normalized spacial score (nSPS) is 17.3. The van der Waals surface area contributed by atoms with E-state index in [4.69, 9.17) is 0 Å². The first kappa shape index (κ1) is 20.6. The van der Waals surface area contributed by atoms with Crippen LogP contribution < -0.4 is 9.77 Å². The predicted octanol–water partition coefficient (Wildman–Crippen LogP) is 3.78. The molecule has 0 amide bonds. The molecule has 0 saturated carbocycles. The molecule has 0 radical (unpaired) electrons. The third kappa shape index (κ3) is 4.14. The Kier molecular flexibility index (Phi) is 6.23. The van der Waals surface area contributed by atoms with Crippen LogP contribution in [0.25, 0.3) is 10.2 Å². The summed E-state index contributed by atoms with van der Waals surface area (Å²) in [7, 11) is 0. The van der Waals surface area contributed by atoms with E-state index in [2.05, 4.69) is 52.9 Å². The molecule has 150 valence electrons. The molecule has 0 aliphatic carbocycles. The third-order valence-electron chi connectivity index (χ3n) is 5.50. The second-order valence-electron chi connectivity index (χ2n) is 7.32. The number of fused-ring (bicyclic) bond motifs is 1. The number of aromatic nitrogens is 1. The van der Waals surface area contributed by atoms with Gasteiger partial charge in [-0.05, 0) is 49.2 Å². The Labute approximate surface area is 170 Å². The standard InChI is InChI=1S/C21H25N3O2S.CH4/c1-14-4-3-5-17(12-14)24-10-8-23(9-11-24)15(2)20(25)16-6-7-18-19(13-16)27-21(26)22-18;/h3-7,12-13,15,20,25H,8-11H2,1-2H3,(H,22,26);1H4. The summed E-state index contributed by atoms with van der Waals surface area (Å²) in [6.07, 6.45) is -0.572. The number of piperazine rings is 1. The van der Waals surface area contributed by atoms with Crippen molar-refractivity contribution in [1.82, 2.24) is 9.88 Å². The number of H-pyrrole nitrogens is 1. The van der Waals surface area contributed by atoms with Gasteiger partial charge in [0, 0.05) is 37.9 Å². The first-order valence-corrected chi connectivity index (χ1v) is 10.2. The molecule has 2 aromatic carbocycles. The molecule has 1 aromatic heterocycles. The number of thiazole rings is 1. The second-order valence-corrected chi connectivity index (χ2v) is 8.33. The molecule has 5 nitrogen and oxygen atoms in total. The summed E-state index contributed by atoms with van der Waals surface area (Å²) in [5, 5.41) is 10.9. The average Bonchev–Trinajstić information content (AvgIpc) is 3.06. The van der Waals surface area contributed by atoms with E-state index < -0.39 is 6.10 Å². The van der Waals surface area contributed by atoms with Crippen LogP contribution in [0.2, 0.25) is 0 Å². The lowest BCUT2D eigenvalue weighted by atomic mass is 10.0. The number of aromatic amines is 1. The van der Waals surface area contributed by atoms with Crippen molar-refractivity contribution in [2.75, 3.05) is 31.1 Å². The summed E-state index contributed by atoms with van der Waals surface area (Å²) in [4.78, 5) is 19.0. The molecule has 0 spiro atoms. The number of nitrogens with zero attached hydrogens (tertiary/aromatic N) is 2. The zero-order valence-electron chi connectivity index (χ0n) is 15.7. The molecule has 4 rings (SSSR count). The monoisotopic (exact) mass is 399 g/mol. The van der Waals surface area contributed by atoms with Crippen molar-refractivity contribution in [3.05, 3.63) is 63.3 Å². The van der Waals surface area contributed by atoms with Crippen molar-refractivity contribution in [2.45, 2.75) is 33.4 Å². The quantitative estimate of drug-likeness (QED) is 0.701. The van der Waals surface area contributed by atoms with Crippen LogP contribution >= 0.6 is 11.3 Å². The second kappa shape index (κ2) is 8.47. The topological polar surface area (TPSA) is 59.6 Å².